The van der Waals surface area contributed by atoms with Crippen LogP contribution in [0.3, 0.4) is 0 Å². The number of hydrogen-bond donors (Lipinski definition) is 0. The predicted octanol–water partition coefficient (Wildman–Crippen LogP) is 4.12. The Morgan fingerprint density at radius 1 is 0.926 bits per heavy atom. The van der Waals surface area contributed by atoms with Gasteiger partial charge in [0.25, 0.3) is 0 Å². The summed E-state index contributed by atoms with van der Waals surface area (Å²) in [7, 11) is -1.76. The van der Waals surface area contributed by atoms with Gasteiger partial charge >= 0.3 is 0 Å². The molecular weight excluding hydrogens is 358 g/mol. The number of aryl methyl sites for hydroxylation is 4. The molecule has 0 saturated heterocycles. The minimum Gasteiger partial charge on any atom is -0.349 e. The van der Waals surface area contributed by atoms with Crippen LogP contribution in [0.2, 0.25) is 0 Å². The SMILES string of the molecule is Cc1cn(-c2ccc(S(=O)(=O)c3cn(C)c4cccc(C)c34)c(C)c2)cn1. The fraction of sp³-hybridized carbons (Fsp3) is 0.190. The molecule has 2 heterocycles. The largest absolute Gasteiger partial charge is 0.349 e. The predicted molar refractivity (Wildman–Crippen MR) is 106 cm³/mol. The third-order valence-electron chi connectivity index (χ3n) is 4.94. The summed E-state index contributed by atoms with van der Waals surface area (Å²) in [6, 6.07) is 11.2. The third kappa shape index (κ3) is 2.77. The Kier molecular flexibility index (Phi) is 3.96. The van der Waals surface area contributed by atoms with E-state index in [1.54, 1.807) is 18.6 Å². The van der Waals surface area contributed by atoms with Gasteiger partial charge in [0, 0.05) is 36.0 Å². The zero-order valence-electron chi connectivity index (χ0n) is 15.8. The van der Waals surface area contributed by atoms with E-state index in [1.807, 2.05) is 73.5 Å². The van der Waals surface area contributed by atoms with Crippen LogP contribution < -0.4 is 0 Å². The normalized spacial score (nSPS) is 12.0. The first-order chi connectivity index (χ1) is 12.8. The maximum Gasteiger partial charge on any atom is 0.208 e. The Morgan fingerprint density at radius 2 is 1.70 bits per heavy atom. The molecule has 138 valence electrons. The fourth-order valence-electron chi connectivity index (χ4n) is 3.56. The van der Waals surface area contributed by atoms with E-state index < -0.39 is 9.84 Å². The fourth-order valence-corrected chi connectivity index (χ4v) is 5.36. The number of imidazole rings is 1. The van der Waals surface area contributed by atoms with Crippen molar-refractivity contribution in [3.05, 3.63) is 71.9 Å². The van der Waals surface area contributed by atoms with Crippen LogP contribution in [-0.4, -0.2) is 22.5 Å². The van der Waals surface area contributed by atoms with Crippen LogP contribution >= 0.6 is 0 Å². The van der Waals surface area contributed by atoms with E-state index in [2.05, 4.69) is 4.98 Å². The van der Waals surface area contributed by atoms with Crippen molar-refractivity contribution < 1.29 is 8.42 Å². The van der Waals surface area contributed by atoms with Crippen LogP contribution in [0.15, 0.2) is 64.9 Å². The Labute approximate surface area is 158 Å². The molecule has 0 fully saturated rings. The minimum atomic E-state index is -3.64. The van der Waals surface area contributed by atoms with Gasteiger partial charge in [-0.05, 0) is 56.2 Å². The average molecular weight is 379 g/mol. The Hall–Kier alpha value is -2.86. The lowest BCUT2D eigenvalue weighted by Crippen LogP contribution is -2.05. The second-order valence-corrected chi connectivity index (χ2v) is 8.84. The van der Waals surface area contributed by atoms with Crippen molar-refractivity contribution >= 4 is 20.7 Å². The van der Waals surface area contributed by atoms with E-state index in [4.69, 9.17) is 0 Å². The van der Waals surface area contributed by atoms with E-state index in [9.17, 15) is 8.42 Å². The van der Waals surface area contributed by atoms with E-state index in [-0.39, 0.29) is 0 Å². The molecule has 4 aromatic rings. The van der Waals surface area contributed by atoms with Gasteiger partial charge in [-0.25, -0.2) is 13.4 Å². The summed E-state index contributed by atoms with van der Waals surface area (Å²) in [6.45, 7) is 5.70. The molecule has 0 aliphatic heterocycles. The molecule has 0 spiro atoms. The molecule has 0 aliphatic rings. The Balaban J connectivity index is 1.88. The molecule has 0 radical (unpaired) electrons. The Morgan fingerprint density at radius 3 is 2.37 bits per heavy atom. The van der Waals surface area contributed by atoms with Crippen molar-refractivity contribution in [2.45, 2.75) is 30.6 Å². The quantitative estimate of drug-likeness (QED) is 0.538. The third-order valence-corrected chi connectivity index (χ3v) is 6.86. The highest BCUT2D eigenvalue weighted by atomic mass is 32.2. The average Bonchev–Trinajstić information content (AvgIpc) is 3.20. The lowest BCUT2D eigenvalue weighted by atomic mass is 10.1. The highest BCUT2D eigenvalue weighted by Gasteiger charge is 2.25. The van der Waals surface area contributed by atoms with Gasteiger partial charge in [0.1, 0.15) is 0 Å². The van der Waals surface area contributed by atoms with Crippen LogP contribution in [0, 0.1) is 20.8 Å². The van der Waals surface area contributed by atoms with Crippen molar-refractivity contribution in [1.82, 2.24) is 14.1 Å². The lowest BCUT2D eigenvalue weighted by Gasteiger charge is -2.10. The molecule has 0 aliphatic carbocycles. The van der Waals surface area contributed by atoms with Gasteiger partial charge in [0.15, 0.2) is 0 Å². The molecule has 0 N–H and O–H groups in total. The topological polar surface area (TPSA) is 56.9 Å². The lowest BCUT2D eigenvalue weighted by molar-refractivity contribution is 0.596. The number of rotatable bonds is 3. The molecular formula is C21H21N3O2S. The number of benzene rings is 2. The molecule has 0 unspecified atom stereocenters. The second-order valence-electron chi connectivity index (χ2n) is 6.95. The molecule has 2 aromatic heterocycles. The minimum absolute atomic E-state index is 0.332. The summed E-state index contributed by atoms with van der Waals surface area (Å²) in [5.41, 5.74) is 4.38. The first-order valence-electron chi connectivity index (χ1n) is 8.70. The summed E-state index contributed by atoms with van der Waals surface area (Å²) in [5, 5.41) is 0.786. The van der Waals surface area contributed by atoms with Gasteiger partial charge in [-0.1, -0.05) is 12.1 Å². The molecule has 0 bridgehead atoms. The summed E-state index contributed by atoms with van der Waals surface area (Å²) < 4.78 is 30.7. The van der Waals surface area contributed by atoms with Crippen molar-refractivity contribution in [1.29, 1.82) is 0 Å². The number of nitrogens with zero attached hydrogens (tertiary/aromatic N) is 3. The van der Waals surface area contributed by atoms with Gasteiger partial charge in [-0.2, -0.15) is 0 Å². The number of fused-ring (bicyclic) bond motifs is 1. The monoisotopic (exact) mass is 379 g/mol. The molecule has 6 heteroatoms. The molecule has 5 nitrogen and oxygen atoms in total. The van der Waals surface area contributed by atoms with Crippen molar-refractivity contribution in [3.8, 4) is 5.69 Å². The number of aromatic nitrogens is 3. The van der Waals surface area contributed by atoms with Gasteiger partial charge in [-0.3, -0.25) is 0 Å². The van der Waals surface area contributed by atoms with E-state index in [1.165, 1.54) is 0 Å². The van der Waals surface area contributed by atoms with Gasteiger partial charge < -0.3 is 9.13 Å². The highest BCUT2D eigenvalue weighted by molar-refractivity contribution is 7.91. The maximum atomic E-state index is 13.5. The van der Waals surface area contributed by atoms with Crippen molar-refractivity contribution in [2.75, 3.05) is 0 Å². The highest BCUT2D eigenvalue weighted by Crippen LogP contribution is 2.33. The van der Waals surface area contributed by atoms with Crippen molar-refractivity contribution in [2.24, 2.45) is 7.05 Å². The van der Waals surface area contributed by atoms with Crippen LogP contribution in [0.5, 0.6) is 0 Å². The molecule has 4 rings (SSSR count). The molecule has 0 saturated carbocycles. The Bertz CT molecular complexity index is 1280. The van der Waals surface area contributed by atoms with Crippen molar-refractivity contribution in [3.63, 3.8) is 0 Å². The summed E-state index contributed by atoms with van der Waals surface area (Å²) in [6.07, 6.45) is 5.35. The van der Waals surface area contributed by atoms with E-state index in [0.717, 1.165) is 27.8 Å². The first kappa shape index (κ1) is 17.5. The van der Waals surface area contributed by atoms with Crippen LogP contribution in [0.25, 0.3) is 16.6 Å². The second kappa shape index (κ2) is 6.09. The standard InChI is InChI=1S/C21H21N3O2S/c1-14-6-5-7-18-21(14)20(12-23(18)4)27(25,26)19-9-8-17(10-15(19)2)24-11-16(3)22-13-24/h5-13H,1-4H3. The van der Waals surface area contributed by atoms with Gasteiger partial charge in [-0.15, -0.1) is 0 Å². The van der Waals surface area contributed by atoms with Gasteiger partial charge in [0.05, 0.1) is 21.8 Å². The zero-order chi connectivity index (χ0) is 19.3. The van der Waals surface area contributed by atoms with Crippen LogP contribution in [-0.2, 0) is 16.9 Å². The molecule has 27 heavy (non-hydrogen) atoms. The molecule has 0 amide bonds. The van der Waals surface area contributed by atoms with Crippen LogP contribution in [0.4, 0.5) is 0 Å². The summed E-state index contributed by atoms with van der Waals surface area (Å²) in [5.74, 6) is 0. The first-order valence-corrected chi connectivity index (χ1v) is 10.2. The van der Waals surface area contributed by atoms with E-state index >= 15 is 0 Å². The molecule has 2 aromatic carbocycles. The number of hydrogen-bond acceptors (Lipinski definition) is 3. The summed E-state index contributed by atoms with van der Waals surface area (Å²) >= 11 is 0. The van der Waals surface area contributed by atoms with Crippen LogP contribution in [0.1, 0.15) is 16.8 Å². The number of sulfone groups is 1. The smallest absolute Gasteiger partial charge is 0.208 e. The maximum absolute atomic E-state index is 13.5. The molecule has 0 atom stereocenters. The van der Waals surface area contributed by atoms with Gasteiger partial charge in [0.2, 0.25) is 9.84 Å². The summed E-state index contributed by atoms with van der Waals surface area (Å²) in [4.78, 5) is 4.92. The van der Waals surface area contributed by atoms with E-state index in [0.29, 0.717) is 15.4 Å². The zero-order valence-corrected chi connectivity index (χ0v) is 16.6.